The number of rotatable bonds is 2. The average Bonchev–Trinajstić information content (AvgIpc) is 2.60. The third kappa shape index (κ3) is 1.62. The van der Waals surface area contributed by atoms with E-state index in [2.05, 4.69) is 4.98 Å². The predicted molar refractivity (Wildman–Crippen MR) is 62.8 cm³/mol. The van der Waals surface area contributed by atoms with Crippen LogP contribution in [0.5, 0.6) is 5.75 Å². The maximum Gasteiger partial charge on any atom is 0.132 e. The number of fused-ring (bicyclic) bond motifs is 1. The topological polar surface area (TPSA) is 62.0 Å². The van der Waals surface area contributed by atoms with E-state index in [4.69, 9.17) is 5.73 Å². The molecule has 0 aliphatic rings. The van der Waals surface area contributed by atoms with Crippen molar-refractivity contribution < 1.29 is 5.11 Å². The van der Waals surface area contributed by atoms with Gasteiger partial charge in [0.05, 0.1) is 0 Å². The fraction of sp³-hybridized carbons (Fsp3) is 0.167. The first-order valence-electron chi connectivity index (χ1n) is 4.90. The number of nitrogens with one attached hydrogen (secondary N) is 1. The van der Waals surface area contributed by atoms with Gasteiger partial charge in [-0.1, -0.05) is 12.2 Å². The molecule has 0 aliphatic heterocycles. The molecule has 0 radical (unpaired) electrons. The minimum atomic E-state index is 0.316. The van der Waals surface area contributed by atoms with Crippen molar-refractivity contribution in [2.75, 3.05) is 6.54 Å². The highest BCUT2D eigenvalue weighted by atomic mass is 16.3. The highest BCUT2D eigenvalue weighted by Crippen LogP contribution is 2.31. The monoisotopic (exact) mass is 202 g/mol. The summed E-state index contributed by atoms with van der Waals surface area (Å²) in [6.07, 6.45) is 5.55. The Labute approximate surface area is 88.2 Å². The minimum Gasteiger partial charge on any atom is -0.507 e. The zero-order valence-electron chi connectivity index (χ0n) is 8.62. The molecule has 78 valence electrons. The lowest BCUT2D eigenvalue weighted by Gasteiger charge is -2.01. The van der Waals surface area contributed by atoms with E-state index in [1.807, 2.05) is 37.4 Å². The van der Waals surface area contributed by atoms with Gasteiger partial charge in [0.1, 0.15) is 5.75 Å². The molecule has 0 aliphatic carbocycles. The van der Waals surface area contributed by atoms with Gasteiger partial charge in [0, 0.05) is 29.2 Å². The molecule has 0 amide bonds. The molecule has 0 spiro atoms. The van der Waals surface area contributed by atoms with Gasteiger partial charge in [-0.3, -0.25) is 0 Å². The van der Waals surface area contributed by atoms with Crippen LogP contribution in [0.15, 0.2) is 24.4 Å². The summed E-state index contributed by atoms with van der Waals surface area (Å²) >= 11 is 0. The van der Waals surface area contributed by atoms with E-state index < -0.39 is 0 Å². The standard InChI is InChI=1S/C12H14N2O/c1-8-7-14-10-5-4-9(3-2-6-13)12(15)11(8)10/h2-5,7,14-15H,6,13H2,1H3/b3-2+. The molecule has 0 bridgehead atoms. The van der Waals surface area contributed by atoms with Crippen LogP contribution >= 0.6 is 0 Å². The maximum absolute atomic E-state index is 10.0. The van der Waals surface area contributed by atoms with Gasteiger partial charge in [-0.15, -0.1) is 0 Å². The largest absolute Gasteiger partial charge is 0.507 e. The molecule has 0 saturated heterocycles. The molecule has 1 aromatic carbocycles. The van der Waals surface area contributed by atoms with Crippen molar-refractivity contribution in [2.45, 2.75) is 6.92 Å². The summed E-state index contributed by atoms with van der Waals surface area (Å²) in [5.74, 6) is 0.316. The summed E-state index contributed by atoms with van der Waals surface area (Å²) in [4.78, 5) is 3.10. The van der Waals surface area contributed by atoms with Crippen molar-refractivity contribution in [3.05, 3.63) is 35.5 Å². The van der Waals surface area contributed by atoms with Gasteiger partial charge in [0.25, 0.3) is 0 Å². The van der Waals surface area contributed by atoms with Crippen LogP contribution in [0.25, 0.3) is 17.0 Å². The van der Waals surface area contributed by atoms with Crippen LogP contribution in [-0.4, -0.2) is 16.6 Å². The molecule has 0 atom stereocenters. The van der Waals surface area contributed by atoms with Crippen LogP contribution in [0.2, 0.25) is 0 Å². The van der Waals surface area contributed by atoms with E-state index in [1.54, 1.807) is 0 Å². The number of phenols is 1. The van der Waals surface area contributed by atoms with Gasteiger partial charge in [-0.2, -0.15) is 0 Å². The van der Waals surface area contributed by atoms with Gasteiger partial charge in [0.2, 0.25) is 0 Å². The molecule has 4 N–H and O–H groups in total. The quantitative estimate of drug-likeness (QED) is 0.698. The third-order valence-corrected chi connectivity index (χ3v) is 2.48. The molecule has 0 unspecified atom stereocenters. The Morgan fingerprint density at radius 3 is 3.00 bits per heavy atom. The van der Waals surface area contributed by atoms with Crippen LogP contribution in [0.4, 0.5) is 0 Å². The lowest BCUT2D eigenvalue weighted by atomic mass is 10.1. The Bertz CT molecular complexity index is 512. The Morgan fingerprint density at radius 2 is 2.27 bits per heavy atom. The van der Waals surface area contributed by atoms with Gasteiger partial charge >= 0.3 is 0 Å². The van der Waals surface area contributed by atoms with Crippen molar-refractivity contribution in [2.24, 2.45) is 5.73 Å². The number of H-pyrrole nitrogens is 1. The number of aromatic nitrogens is 1. The van der Waals surface area contributed by atoms with Crippen molar-refractivity contribution in [1.82, 2.24) is 4.98 Å². The summed E-state index contributed by atoms with van der Waals surface area (Å²) in [5, 5.41) is 10.9. The number of benzene rings is 1. The smallest absolute Gasteiger partial charge is 0.132 e. The number of aromatic hydroxyl groups is 1. The molecule has 0 fully saturated rings. The molecule has 1 heterocycles. The van der Waals surface area contributed by atoms with E-state index >= 15 is 0 Å². The number of hydrogen-bond acceptors (Lipinski definition) is 2. The molecule has 2 aromatic rings. The van der Waals surface area contributed by atoms with E-state index in [1.165, 1.54) is 0 Å². The van der Waals surface area contributed by atoms with Crippen LogP contribution < -0.4 is 5.73 Å². The number of nitrogens with two attached hydrogens (primary N) is 1. The lowest BCUT2D eigenvalue weighted by Crippen LogP contribution is -1.92. The summed E-state index contributed by atoms with van der Waals surface area (Å²) in [6, 6.07) is 3.83. The van der Waals surface area contributed by atoms with E-state index in [-0.39, 0.29) is 0 Å². The number of hydrogen-bond donors (Lipinski definition) is 3. The Kier molecular flexibility index (Phi) is 2.47. The molecular weight excluding hydrogens is 188 g/mol. The fourth-order valence-corrected chi connectivity index (χ4v) is 1.71. The van der Waals surface area contributed by atoms with Gasteiger partial charge in [-0.05, 0) is 24.6 Å². The Morgan fingerprint density at radius 1 is 1.47 bits per heavy atom. The minimum absolute atomic E-state index is 0.316. The second-order valence-electron chi connectivity index (χ2n) is 3.54. The van der Waals surface area contributed by atoms with Crippen molar-refractivity contribution in [3.8, 4) is 5.75 Å². The van der Waals surface area contributed by atoms with E-state index in [9.17, 15) is 5.11 Å². The normalized spacial score (nSPS) is 11.6. The van der Waals surface area contributed by atoms with Crippen LogP contribution in [0.1, 0.15) is 11.1 Å². The summed E-state index contributed by atoms with van der Waals surface area (Å²) in [6.45, 7) is 2.44. The fourth-order valence-electron chi connectivity index (χ4n) is 1.71. The van der Waals surface area contributed by atoms with Gasteiger partial charge in [0.15, 0.2) is 0 Å². The first kappa shape index (κ1) is 9.80. The third-order valence-electron chi connectivity index (χ3n) is 2.48. The van der Waals surface area contributed by atoms with Gasteiger partial charge in [-0.25, -0.2) is 0 Å². The lowest BCUT2D eigenvalue weighted by molar-refractivity contribution is 0.480. The van der Waals surface area contributed by atoms with E-state index in [0.29, 0.717) is 12.3 Å². The predicted octanol–water partition coefficient (Wildman–Crippen LogP) is 2.15. The number of aryl methyl sites for hydroxylation is 1. The molecule has 15 heavy (non-hydrogen) atoms. The Hall–Kier alpha value is -1.74. The molecule has 3 heteroatoms. The second-order valence-corrected chi connectivity index (χ2v) is 3.54. The summed E-state index contributed by atoms with van der Waals surface area (Å²) < 4.78 is 0. The van der Waals surface area contributed by atoms with Crippen LogP contribution in [0, 0.1) is 6.92 Å². The SMILES string of the molecule is Cc1c[nH]c2ccc(/C=C/CN)c(O)c12. The highest BCUT2D eigenvalue weighted by Gasteiger charge is 2.07. The second kappa shape index (κ2) is 3.79. The maximum atomic E-state index is 10.0. The zero-order chi connectivity index (χ0) is 10.8. The average molecular weight is 202 g/mol. The van der Waals surface area contributed by atoms with Crippen molar-refractivity contribution in [3.63, 3.8) is 0 Å². The molecule has 3 nitrogen and oxygen atoms in total. The molecule has 2 rings (SSSR count). The zero-order valence-corrected chi connectivity index (χ0v) is 8.62. The van der Waals surface area contributed by atoms with Crippen molar-refractivity contribution >= 4 is 17.0 Å². The summed E-state index contributed by atoms with van der Waals surface area (Å²) in [5.41, 5.74) is 8.18. The number of aromatic amines is 1. The summed E-state index contributed by atoms with van der Waals surface area (Å²) in [7, 11) is 0. The number of phenolic OH excluding ortho intramolecular Hbond substituents is 1. The van der Waals surface area contributed by atoms with Gasteiger partial charge < -0.3 is 15.8 Å². The van der Waals surface area contributed by atoms with Crippen LogP contribution in [-0.2, 0) is 0 Å². The molecule has 0 saturated carbocycles. The first-order chi connectivity index (χ1) is 7.24. The van der Waals surface area contributed by atoms with Crippen molar-refractivity contribution in [1.29, 1.82) is 0 Å². The molecule has 1 aromatic heterocycles. The molecular formula is C12H14N2O. The Balaban J connectivity index is 2.63. The first-order valence-corrected chi connectivity index (χ1v) is 4.90. The van der Waals surface area contributed by atoms with E-state index in [0.717, 1.165) is 22.0 Å². The highest BCUT2D eigenvalue weighted by molar-refractivity contribution is 5.92. The van der Waals surface area contributed by atoms with Crippen LogP contribution in [0.3, 0.4) is 0 Å².